The monoisotopic (exact) mass is 322 g/mol. The van der Waals surface area contributed by atoms with Crippen LogP contribution in [0.15, 0.2) is 24.3 Å². The van der Waals surface area contributed by atoms with Crippen LogP contribution in [0.25, 0.3) is 0 Å². The summed E-state index contributed by atoms with van der Waals surface area (Å²) in [6.45, 7) is 11.2. The van der Waals surface area contributed by atoms with Crippen LogP contribution in [-0.4, -0.2) is 30.1 Å². The second-order valence-electron chi connectivity index (χ2n) is 6.81. The second kappa shape index (κ2) is 7.81. The molecule has 0 atom stereocenters. The Kier molecular flexibility index (Phi) is 6.31. The number of nitrogens with one attached hydrogen (secondary N) is 1. The summed E-state index contributed by atoms with van der Waals surface area (Å²) < 4.78 is 0. The Bertz CT molecular complexity index is 443. The van der Waals surface area contributed by atoms with E-state index in [-0.39, 0.29) is 5.54 Å². The van der Waals surface area contributed by atoms with E-state index in [1.807, 2.05) is 12.1 Å². The van der Waals surface area contributed by atoms with Gasteiger partial charge in [0.15, 0.2) is 0 Å². The Hall–Kier alpha value is -0.570. The predicted molar refractivity (Wildman–Crippen MR) is 96.6 cm³/mol. The van der Waals surface area contributed by atoms with Crippen LogP contribution in [0.5, 0.6) is 0 Å². The predicted octanol–water partition coefficient (Wildman–Crippen LogP) is 4.82. The molecule has 0 aliphatic heterocycles. The lowest BCUT2D eigenvalue weighted by molar-refractivity contribution is 0.0462. The molecular weight excluding hydrogens is 292 g/mol. The molecule has 124 valence electrons. The summed E-state index contributed by atoms with van der Waals surface area (Å²) >= 11 is 6.10. The van der Waals surface area contributed by atoms with Crippen molar-refractivity contribution in [1.29, 1.82) is 0 Å². The summed E-state index contributed by atoms with van der Waals surface area (Å²) in [4.78, 5) is 2.64. The van der Waals surface area contributed by atoms with Gasteiger partial charge in [-0.3, -0.25) is 4.90 Å². The fourth-order valence-electron chi connectivity index (χ4n) is 4.11. The van der Waals surface area contributed by atoms with Gasteiger partial charge in [-0.1, -0.05) is 51.4 Å². The maximum Gasteiger partial charge on any atom is 0.0461 e. The Morgan fingerprint density at radius 2 is 1.68 bits per heavy atom. The van der Waals surface area contributed by atoms with Gasteiger partial charge in [0.05, 0.1) is 0 Å². The van der Waals surface area contributed by atoms with Crippen LogP contribution in [0.3, 0.4) is 0 Å². The van der Waals surface area contributed by atoms with Crippen molar-refractivity contribution < 1.29 is 0 Å². The molecule has 2 rings (SSSR count). The van der Waals surface area contributed by atoms with E-state index in [0.29, 0.717) is 12.1 Å². The third-order valence-corrected chi connectivity index (χ3v) is 5.38. The third kappa shape index (κ3) is 3.84. The maximum atomic E-state index is 6.10. The first-order chi connectivity index (χ1) is 10.5. The number of hydrogen-bond acceptors (Lipinski definition) is 2. The van der Waals surface area contributed by atoms with Crippen molar-refractivity contribution in [2.75, 3.05) is 13.1 Å². The van der Waals surface area contributed by atoms with Crippen LogP contribution in [0.4, 0.5) is 0 Å². The van der Waals surface area contributed by atoms with E-state index >= 15 is 0 Å². The van der Waals surface area contributed by atoms with Gasteiger partial charge in [0.25, 0.3) is 0 Å². The maximum absolute atomic E-state index is 6.10. The molecule has 2 nitrogen and oxygen atoms in total. The average Bonchev–Trinajstić information content (AvgIpc) is 2.50. The Labute approximate surface area is 141 Å². The van der Waals surface area contributed by atoms with Gasteiger partial charge in [0.1, 0.15) is 0 Å². The lowest BCUT2D eigenvalue weighted by atomic mass is 9.73. The van der Waals surface area contributed by atoms with Gasteiger partial charge in [-0.25, -0.2) is 0 Å². The summed E-state index contributed by atoms with van der Waals surface area (Å²) in [6, 6.07) is 9.78. The van der Waals surface area contributed by atoms with E-state index in [1.165, 1.54) is 31.2 Å². The first-order valence-corrected chi connectivity index (χ1v) is 9.16. The highest BCUT2D eigenvalue weighted by Gasteiger charge is 2.40. The Morgan fingerprint density at radius 1 is 1.14 bits per heavy atom. The molecule has 0 spiro atoms. The highest BCUT2D eigenvalue weighted by molar-refractivity contribution is 6.30. The van der Waals surface area contributed by atoms with E-state index in [2.05, 4.69) is 50.0 Å². The second-order valence-corrected chi connectivity index (χ2v) is 7.24. The zero-order chi connectivity index (χ0) is 16.2. The van der Waals surface area contributed by atoms with Gasteiger partial charge in [0, 0.05) is 22.6 Å². The van der Waals surface area contributed by atoms with Gasteiger partial charge < -0.3 is 5.32 Å². The molecule has 0 bridgehead atoms. The molecule has 1 aliphatic rings. The van der Waals surface area contributed by atoms with Crippen molar-refractivity contribution in [2.24, 2.45) is 0 Å². The van der Waals surface area contributed by atoms with Crippen molar-refractivity contribution in [3.05, 3.63) is 34.9 Å². The average molecular weight is 323 g/mol. The lowest BCUT2D eigenvalue weighted by Crippen LogP contribution is -2.51. The minimum absolute atomic E-state index is 0.184. The Morgan fingerprint density at radius 3 is 2.14 bits per heavy atom. The molecular formula is C19H31ClN2. The molecule has 3 heteroatoms. The quantitative estimate of drug-likeness (QED) is 0.808. The fourth-order valence-corrected chi connectivity index (χ4v) is 4.24. The topological polar surface area (TPSA) is 15.3 Å². The normalized spacial score (nSPS) is 25.9. The lowest BCUT2D eigenvalue weighted by Gasteiger charge is -2.48. The number of rotatable bonds is 6. The number of nitrogens with zero attached hydrogens (tertiary/aromatic N) is 1. The highest BCUT2D eigenvalue weighted by Crippen LogP contribution is 2.42. The zero-order valence-corrected chi connectivity index (χ0v) is 15.3. The van der Waals surface area contributed by atoms with Gasteiger partial charge in [-0.05, 0) is 56.5 Å². The summed E-state index contributed by atoms with van der Waals surface area (Å²) in [7, 11) is 0. The molecule has 0 aromatic heterocycles. The first-order valence-electron chi connectivity index (χ1n) is 8.79. The molecule has 22 heavy (non-hydrogen) atoms. The largest absolute Gasteiger partial charge is 0.312 e. The van der Waals surface area contributed by atoms with Gasteiger partial charge in [-0.2, -0.15) is 0 Å². The SMILES string of the molecule is CCN(CC)C1(c2ccc(Cl)cc2)CCC(NC(C)C)CC1. The van der Waals surface area contributed by atoms with E-state index in [4.69, 9.17) is 11.6 Å². The van der Waals surface area contributed by atoms with Crippen molar-refractivity contribution >= 4 is 11.6 Å². The van der Waals surface area contributed by atoms with E-state index < -0.39 is 0 Å². The fraction of sp³-hybridized carbons (Fsp3) is 0.684. The van der Waals surface area contributed by atoms with Crippen LogP contribution in [0.2, 0.25) is 5.02 Å². The zero-order valence-electron chi connectivity index (χ0n) is 14.5. The van der Waals surface area contributed by atoms with E-state index in [1.54, 1.807) is 0 Å². The van der Waals surface area contributed by atoms with Gasteiger partial charge >= 0.3 is 0 Å². The van der Waals surface area contributed by atoms with Crippen LogP contribution >= 0.6 is 11.6 Å². The smallest absolute Gasteiger partial charge is 0.0461 e. The minimum atomic E-state index is 0.184. The van der Waals surface area contributed by atoms with Crippen LogP contribution in [0.1, 0.15) is 58.9 Å². The highest BCUT2D eigenvalue weighted by atomic mass is 35.5. The molecule has 1 N–H and O–H groups in total. The standard InChI is InChI=1S/C19H31ClN2/c1-5-22(6-2)19(16-7-9-17(20)10-8-16)13-11-18(12-14-19)21-15(3)4/h7-10,15,18,21H,5-6,11-14H2,1-4H3. The van der Waals surface area contributed by atoms with Crippen molar-refractivity contribution in [2.45, 2.75) is 71.0 Å². The number of halogens is 1. The summed E-state index contributed by atoms with van der Waals surface area (Å²) in [6.07, 6.45) is 4.94. The van der Waals surface area contributed by atoms with Crippen LogP contribution < -0.4 is 5.32 Å². The molecule has 0 saturated heterocycles. The van der Waals surface area contributed by atoms with Crippen molar-refractivity contribution in [3.8, 4) is 0 Å². The molecule has 1 saturated carbocycles. The number of hydrogen-bond donors (Lipinski definition) is 1. The summed E-state index contributed by atoms with van der Waals surface area (Å²) in [5.41, 5.74) is 1.62. The molecule has 0 amide bonds. The molecule has 1 fully saturated rings. The summed E-state index contributed by atoms with van der Waals surface area (Å²) in [5.74, 6) is 0. The first kappa shape index (κ1) is 17.8. The van der Waals surface area contributed by atoms with E-state index in [0.717, 1.165) is 18.1 Å². The summed E-state index contributed by atoms with van der Waals surface area (Å²) in [5, 5.41) is 4.54. The molecule has 0 radical (unpaired) electrons. The number of benzene rings is 1. The Balaban J connectivity index is 2.23. The van der Waals surface area contributed by atoms with Crippen LogP contribution in [-0.2, 0) is 5.54 Å². The molecule has 1 aromatic rings. The third-order valence-electron chi connectivity index (χ3n) is 5.13. The molecule has 0 unspecified atom stereocenters. The van der Waals surface area contributed by atoms with Crippen molar-refractivity contribution in [3.63, 3.8) is 0 Å². The van der Waals surface area contributed by atoms with Crippen LogP contribution in [0, 0.1) is 0 Å². The van der Waals surface area contributed by atoms with E-state index in [9.17, 15) is 0 Å². The van der Waals surface area contributed by atoms with Gasteiger partial charge in [-0.15, -0.1) is 0 Å². The molecule has 1 aliphatic carbocycles. The molecule has 1 aromatic carbocycles. The van der Waals surface area contributed by atoms with Gasteiger partial charge in [0.2, 0.25) is 0 Å². The van der Waals surface area contributed by atoms with Crippen molar-refractivity contribution in [1.82, 2.24) is 10.2 Å². The molecule has 0 heterocycles. The minimum Gasteiger partial charge on any atom is -0.312 e.